The molecule has 1 amide bonds. The minimum Gasteiger partial charge on any atom is -0.375 e. The lowest BCUT2D eigenvalue weighted by molar-refractivity contribution is -0.114. The molecule has 0 spiro atoms. The summed E-state index contributed by atoms with van der Waals surface area (Å²) < 4.78 is 0.899. The number of para-hydroxylation sites is 1. The van der Waals surface area contributed by atoms with E-state index in [0.29, 0.717) is 11.3 Å². The molecule has 0 unspecified atom stereocenters. The molecule has 0 heterocycles. The summed E-state index contributed by atoms with van der Waals surface area (Å²) in [6.07, 6.45) is 0. The highest BCUT2D eigenvalue weighted by atomic mass is 79.9. The number of rotatable bonds is 5. The van der Waals surface area contributed by atoms with Crippen molar-refractivity contribution in [2.24, 2.45) is 0 Å². The molecule has 2 aromatic rings. The van der Waals surface area contributed by atoms with Crippen LogP contribution in [-0.2, 0) is 4.79 Å². The van der Waals surface area contributed by atoms with Crippen LogP contribution >= 0.6 is 15.9 Å². The molecule has 108 valence electrons. The third kappa shape index (κ3) is 4.43. The second kappa shape index (κ2) is 7.04. The van der Waals surface area contributed by atoms with E-state index in [-0.39, 0.29) is 18.2 Å². The summed E-state index contributed by atoms with van der Waals surface area (Å²) in [5.41, 5.74) is 2.04. The molecule has 0 saturated carbocycles. The van der Waals surface area contributed by atoms with Crippen LogP contribution in [0, 0.1) is 0 Å². The molecular weight excluding hydrogens is 332 g/mol. The van der Waals surface area contributed by atoms with Crippen LogP contribution in [0.1, 0.15) is 17.3 Å². The van der Waals surface area contributed by atoms with Gasteiger partial charge in [0.15, 0.2) is 5.78 Å². The Morgan fingerprint density at radius 2 is 1.86 bits per heavy atom. The zero-order valence-corrected chi connectivity index (χ0v) is 13.1. The molecule has 0 radical (unpaired) electrons. The van der Waals surface area contributed by atoms with E-state index in [0.717, 1.165) is 10.2 Å². The number of ketones is 1. The monoisotopic (exact) mass is 346 g/mol. The Morgan fingerprint density at radius 1 is 1.10 bits per heavy atom. The van der Waals surface area contributed by atoms with Crippen molar-refractivity contribution in [2.45, 2.75) is 6.92 Å². The van der Waals surface area contributed by atoms with Crippen LogP contribution < -0.4 is 10.6 Å². The van der Waals surface area contributed by atoms with Crippen molar-refractivity contribution in [3.05, 3.63) is 58.6 Å². The van der Waals surface area contributed by atoms with Crippen LogP contribution in [0.3, 0.4) is 0 Å². The van der Waals surface area contributed by atoms with Crippen LogP contribution in [-0.4, -0.2) is 18.2 Å². The number of benzene rings is 2. The number of amides is 1. The fourth-order valence-electron chi connectivity index (χ4n) is 1.80. The largest absolute Gasteiger partial charge is 0.375 e. The zero-order chi connectivity index (χ0) is 15.2. The minimum absolute atomic E-state index is 0.0301. The van der Waals surface area contributed by atoms with Gasteiger partial charge in [-0.15, -0.1) is 0 Å². The normalized spacial score (nSPS) is 10.0. The number of nitrogens with one attached hydrogen (secondary N) is 2. The summed E-state index contributed by atoms with van der Waals surface area (Å²) in [7, 11) is 0. The molecule has 0 aliphatic rings. The molecule has 0 aromatic heterocycles. The molecule has 2 aromatic carbocycles. The van der Waals surface area contributed by atoms with Gasteiger partial charge in [0.05, 0.1) is 6.54 Å². The van der Waals surface area contributed by atoms with Crippen LogP contribution in [0.5, 0.6) is 0 Å². The van der Waals surface area contributed by atoms with Gasteiger partial charge in [-0.05, 0) is 47.1 Å². The van der Waals surface area contributed by atoms with Crippen LogP contribution in [0.4, 0.5) is 11.4 Å². The predicted octanol–water partition coefficient (Wildman–Crippen LogP) is 3.70. The Kier molecular flexibility index (Phi) is 5.11. The fourth-order valence-corrected chi connectivity index (χ4v) is 2.23. The molecule has 0 bridgehead atoms. The molecule has 0 atom stereocenters. The average Bonchev–Trinajstić information content (AvgIpc) is 2.46. The molecule has 5 heteroatoms. The first-order chi connectivity index (χ1) is 10.1. The van der Waals surface area contributed by atoms with Crippen molar-refractivity contribution in [3.8, 4) is 0 Å². The Hall–Kier alpha value is -2.14. The standard InChI is InChI=1S/C16H15BrN2O2/c1-11(20)12-5-4-6-13(9-12)19-16(21)10-18-15-8-3-2-7-14(15)17/h2-9,18H,10H2,1H3,(H,19,21). The summed E-state index contributed by atoms with van der Waals surface area (Å²) >= 11 is 3.41. The van der Waals surface area contributed by atoms with E-state index in [9.17, 15) is 9.59 Å². The van der Waals surface area contributed by atoms with Gasteiger partial charge in [-0.2, -0.15) is 0 Å². The molecule has 4 nitrogen and oxygen atoms in total. The van der Waals surface area contributed by atoms with Gasteiger partial charge in [0.25, 0.3) is 0 Å². The quantitative estimate of drug-likeness (QED) is 0.811. The van der Waals surface area contributed by atoms with Crippen molar-refractivity contribution < 1.29 is 9.59 Å². The van der Waals surface area contributed by atoms with E-state index in [1.165, 1.54) is 6.92 Å². The van der Waals surface area contributed by atoms with Crippen molar-refractivity contribution in [2.75, 3.05) is 17.2 Å². The smallest absolute Gasteiger partial charge is 0.243 e. The molecule has 0 saturated heterocycles. The van der Waals surface area contributed by atoms with Gasteiger partial charge in [0.1, 0.15) is 0 Å². The molecule has 2 N–H and O–H groups in total. The maximum Gasteiger partial charge on any atom is 0.243 e. The minimum atomic E-state index is -0.175. The van der Waals surface area contributed by atoms with E-state index < -0.39 is 0 Å². The third-order valence-corrected chi connectivity index (χ3v) is 3.56. The maximum absolute atomic E-state index is 11.9. The summed E-state index contributed by atoms with van der Waals surface area (Å²) in [5.74, 6) is -0.205. The van der Waals surface area contributed by atoms with Crippen LogP contribution in [0.2, 0.25) is 0 Å². The molecule has 0 aliphatic carbocycles. The van der Waals surface area contributed by atoms with Gasteiger partial charge in [0, 0.05) is 21.4 Å². The van der Waals surface area contributed by atoms with Crippen molar-refractivity contribution >= 4 is 39.0 Å². The summed E-state index contributed by atoms with van der Waals surface area (Å²) in [6.45, 7) is 1.64. The Labute approximate surface area is 131 Å². The van der Waals surface area contributed by atoms with Gasteiger partial charge >= 0.3 is 0 Å². The molecular formula is C16H15BrN2O2. The maximum atomic E-state index is 11.9. The van der Waals surface area contributed by atoms with Crippen molar-refractivity contribution in [1.82, 2.24) is 0 Å². The van der Waals surface area contributed by atoms with E-state index in [4.69, 9.17) is 0 Å². The molecule has 0 fully saturated rings. The van der Waals surface area contributed by atoms with E-state index in [1.54, 1.807) is 24.3 Å². The molecule has 21 heavy (non-hydrogen) atoms. The van der Waals surface area contributed by atoms with E-state index in [2.05, 4.69) is 26.6 Å². The van der Waals surface area contributed by atoms with Crippen LogP contribution in [0.15, 0.2) is 53.0 Å². The Balaban J connectivity index is 1.95. The van der Waals surface area contributed by atoms with Crippen molar-refractivity contribution in [1.29, 1.82) is 0 Å². The van der Waals surface area contributed by atoms with Gasteiger partial charge in [-0.25, -0.2) is 0 Å². The first-order valence-corrected chi connectivity index (χ1v) is 7.25. The lowest BCUT2D eigenvalue weighted by atomic mass is 10.1. The van der Waals surface area contributed by atoms with Gasteiger partial charge in [0.2, 0.25) is 5.91 Å². The lowest BCUT2D eigenvalue weighted by Crippen LogP contribution is -2.22. The summed E-state index contributed by atoms with van der Waals surface area (Å²) in [5, 5.41) is 5.80. The summed E-state index contributed by atoms with van der Waals surface area (Å²) in [6, 6.07) is 14.5. The van der Waals surface area contributed by atoms with Crippen molar-refractivity contribution in [3.63, 3.8) is 0 Å². The first kappa shape index (κ1) is 15.3. The number of carbonyl (C=O) groups is 2. The van der Waals surface area contributed by atoms with Crippen LogP contribution in [0.25, 0.3) is 0 Å². The zero-order valence-electron chi connectivity index (χ0n) is 11.5. The highest BCUT2D eigenvalue weighted by molar-refractivity contribution is 9.10. The van der Waals surface area contributed by atoms with Gasteiger partial charge in [-0.1, -0.05) is 24.3 Å². The second-order valence-electron chi connectivity index (χ2n) is 4.52. The van der Waals surface area contributed by atoms with E-state index in [1.807, 2.05) is 24.3 Å². The molecule has 2 rings (SSSR count). The molecule has 0 aliphatic heterocycles. The number of Topliss-reactive ketones (excluding diaryl/α,β-unsaturated/α-hetero) is 1. The third-order valence-electron chi connectivity index (χ3n) is 2.87. The number of carbonyl (C=O) groups excluding carboxylic acids is 2. The number of halogens is 1. The first-order valence-electron chi connectivity index (χ1n) is 6.45. The van der Waals surface area contributed by atoms with E-state index >= 15 is 0 Å². The predicted molar refractivity (Wildman–Crippen MR) is 87.7 cm³/mol. The number of anilines is 2. The number of hydrogen-bond donors (Lipinski definition) is 2. The second-order valence-corrected chi connectivity index (χ2v) is 5.37. The highest BCUT2D eigenvalue weighted by Gasteiger charge is 2.05. The SMILES string of the molecule is CC(=O)c1cccc(NC(=O)CNc2ccccc2Br)c1. The highest BCUT2D eigenvalue weighted by Crippen LogP contribution is 2.20. The fraction of sp³-hybridized carbons (Fsp3) is 0.125. The van der Waals surface area contributed by atoms with Gasteiger partial charge < -0.3 is 10.6 Å². The summed E-state index contributed by atoms with van der Waals surface area (Å²) in [4.78, 5) is 23.2. The Bertz CT molecular complexity index is 671. The average molecular weight is 347 g/mol. The Morgan fingerprint density at radius 3 is 2.57 bits per heavy atom. The number of hydrogen-bond acceptors (Lipinski definition) is 3. The topological polar surface area (TPSA) is 58.2 Å². The lowest BCUT2D eigenvalue weighted by Gasteiger charge is -2.09. The van der Waals surface area contributed by atoms with Gasteiger partial charge in [-0.3, -0.25) is 9.59 Å².